The van der Waals surface area contributed by atoms with E-state index in [0.717, 1.165) is 0 Å². The Morgan fingerprint density at radius 3 is 2.23 bits per heavy atom. The Balaban J connectivity index is 2.12. The van der Waals surface area contributed by atoms with Gasteiger partial charge in [-0.3, -0.25) is 28.8 Å². The van der Waals surface area contributed by atoms with Crippen LogP contribution in [0, 0.1) is 5.92 Å². The van der Waals surface area contributed by atoms with Gasteiger partial charge in [0.2, 0.25) is 29.5 Å². The molecular weight excluding hydrogens is 636 g/mol. The molecule has 1 fully saturated rings. The number of nitrogens with one attached hydrogen (secondary N) is 5. The molecule has 0 unspecified atom stereocenters. The molecule has 262 valence electrons. The van der Waals surface area contributed by atoms with Gasteiger partial charge in [0.05, 0.1) is 18.8 Å². The Hall–Kier alpha value is -4.19. The molecule has 1 saturated heterocycles. The highest BCUT2D eigenvalue weighted by molar-refractivity contribution is 7.98. The van der Waals surface area contributed by atoms with Crippen LogP contribution in [0.1, 0.15) is 58.6 Å². The van der Waals surface area contributed by atoms with Crippen molar-refractivity contribution in [3.8, 4) is 0 Å². The molecule has 0 aliphatic carbocycles. The predicted octanol–water partition coefficient (Wildman–Crippen LogP) is -1.41. The summed E-state index contributed by atoms with van der Waals surface area (Å²) in [5.41, 5.74) is 6.48. The molecule has 47 heavy (non-hydrogen) atoms. The number of aliphatic carboxylic acids is 2. The summed E-state index contributed by atoms with van der Waals surface area (Å²) in [5, 5.41) is 28.7. The number of nitrogens with two attached hydrogens (primary N) is 1. The number of carbonyl (C=O) groups is 7. The molecule has 17 nitrogen and oxygen atoms in total. The van der Waals surface area contributed by atoms with E-state index in [1.165, 1.54) is 36.1 Å². The number of nitrogens with zero attached hydrogens (tertiary/aromatic N) is 2. The number of aromatic amines is 1. The largest absolute Gasteiger partial charge is 0.481 e. The van der Waals surface area contributed by atoms with Gasteiger partial charge in [-0.2, -0.15) is 11.8 Å². The maximum absolute atomic E-state index is 13.2. The zero-order valence-corrected chi connectivity index (χ0v) is 27.8. The van der Waals surface area contributed by atoms with Gasteiger partial charge in [-0.25, -0.2) is 9.78 Å². The number of aromatic nitrogens is 2. The van der Waals surface area contributed by atoms with E-state index in [0.29, 0.717) is 30.7 Å². The van der Waals surface area contributed by atoms with E-state index >= 15 is 0 Å². The van der Waals surface area contributed by atoms with Crippen LogP contribution in [0.3, 0.4) is 0 Å². The summed E-state index contributed by atoms with van der Waals surface area (Å²) in [6.07, 6.45) is 5.16. The third-order valence-corrected chi connectivity index (χ3v) is 8.13. The predicted molar refractivity (Wildman–Crippen MR) is 171 cm³/mol. The smallest absolute Gasteiger partial charge is 0.326 e. The fraction of sp³-hybridized carbons (Fsp3) is 0.655. The van der Waals surface area contributed by atoms with Crippen LogP contribution in [0.4, 0.5) is 0 Å². The minimum Gasteiger partial charge on any atom is -0.481 e. The summed E-state index contributed by atoms with van der Waals surface area (Å²) in [4.78, 5) is 96.8. The van der Waals surface area contributed by atoms with Gasteiger partial charge in [-0.15, -0.1) is 0 Å². The Bertz CT molecular complexity index is 1260. The van der Waals surface area contributed by atoms with Gasteiger partial charge in [0, 0.05) is 24.9 Å². The molecule has 2 heterocycles. The lowest BCUT2D eigenvalue weighted by Crippen LogP contribution is -2.59. The molecule has 5 amide bonds. The maximum atomic E-state index is 13.2. The summed E-state index contributed by atoms with van der Waals surface area (Å²) < 4.78 is 0. The van der Waals surface area contributed by atoms with Crippen LogP contribution in [0.5, 0.6) is 0 Å². The van der Waals surface area contributed by atoms with Crippen LogP contribution >= 0.6 is 11.8 Å². The lowest BCUT2D eigenvalue weighted by molar-refractivity contribution is -0.143. The van der Waals surface area contributed by atoms with E-state index in [9.17, 15) is 43.8 Å². The van der Waals surface area contributed by atoms with Crippen LogP contribution in [-0.2, 0) is 40.0 Å². The minimum atomic E-state index is -1.59. The lowest BCUT2D eigenvalue weighted by atomic mass is 10.0. The first-order chi connectivity index (χ1) is 22.1. The average molecular weight is 683 g/mol. The average Bonchev–Trinajstić information content (AvgIpc) is 3.70. The number of thioether (sulfide) groups is 1. The normalized spacial score (nSPS) is 17.6. The van der Waals surface area contributed by atoms with Gasteiger partial charge in [-0.1, -0.05) is 13.8 Å². The van der Waals surface area contributed by atoms with Crippen molar-refractivity contribution in [1.29, 1.82) is 0 Å². The van der Waals surface area contributed by atoms with Crippen molar-refractivity contribution >= 4 is 53.2 Å². The highest BCUT2D eigenvalue weighted by Crippen LogP contribution is 2.19. The highest BCUT2D eigenvalue weighted by Gasteiger charge is 2.38. The van der Waals surface area contributed by atoms with Gasteiger partial charge >= 0.3 is 11.9 Å². The van der Waals surface area contributed by atoms with Crippen LogP contribution in [0.25, 0.3) is 0 Å². The molecule has 0 saturated carbocycles. The Kier molecular flexibility index (Phi) is 15.6. The summed E-state index contributed by atoms with van der Waals surface area (Å²) in [7, 11) is 0. The van der Waals surface area contributed by atoms with Gasteiger partial charge < -0.3 is 47.1 Å². The number of hydrogen-bond acceptors (Lipinski definition) is 10. The van der Waals surface area contributed by atoms with Gasteiger partial charge in [-0.05, 0) is 50.5 Å². The first-order valence-electron chi connectivity index (χ1n) is 15.3. The second-order valence-electron chi connectivity index (χ2n) is 11.8. The zero-order chi connectivity index (χ0) is 35.3. The summed E-state index contributed by atoms with van der Waals surface area (Å²) in [6.45, 7) is 5.17. The first-order valence-corrected chi connectivity index (χ1v) is 16.7. The van der Waals surface area contributed by atoms with Crippen molar-refractivity contribution in [1.82, 2.24) is 36.1 Å². The summed E-state index contributed by atoms with van der Waals surface area (Å²) >= 11 is 1.53. The zero-order valence-electron chi connectivity index (χ0n) is 27.0. The standard InChI is InChI=1S/C29H46N8O9S/c1-15(2)10-21(29(45)46)36-26(42)19(11-17-13-31-14-32-17)34-24(40)16(3)33-25(41)20(12-23(38)39)35-27(43)22-6-5-8-37(22)28(44)18(30)7-9-47-4/h13-16,18-22H,5-12,30H2,1-4H3,(H,31,32)(H,33,41)(H,34,40)(H,35,43)(H,36,42)(H,38,39)(H,45,46)/t16-,18-,19-,20-,21-,22-/m0/s1. The van der Waals surface area contributed by atoms with Crippen LogP contribution in [0.2, 0.25) is 0 Å². The number of amides is 5. The maximum Gasteiger partial charge on any atom is 0.326 e. The van der Waals surface area contributed by atoms with E-state index in [4.69, 9.17) is 5.73 Å². The fourth-order valence-corrected chi connectivity index (χ4v) is 5.49. The number of carboxylic acids is 2. The second-order valence-corrected chi connectivity index (χ2v) is 12.8. The Morgan fingerprint density at radius 2 is 1.66 bits per heavy atom. The molecule has 0 spiro atoms. The van der Waals surface area contributed by atoms with E-state index in [1.807, 2.05) is 6.26 Å². The highest BCUT2D eigenvalue weighted by atomic mass is 32.2. The van der Waals surface area contributed by atoms with Crippen molar-refractivity contribution < 1.29 is 43.8 Å². The number of H-pyrrole nitrogens is 1. The van der Waals surface area contributed by atoms with Gasteiger partial charge in [0.25, 0.3) is 0 Å². The monoisotopic (exact) mass is 682 g/mol. The molecular formula is C29H46N8O9S. The lowest BCUT2D eigenvalue weighted by Gasteiger charge is -2.28. The van der Waals surface area contributed by atoms with Crippen LogP contribution < -0.4 is 27.0 Å². The molecule has 1 aromatic heterocycles. The molecule has 1 aromatic rings. The minimum absolute atomic E-state index is 0.0497. The summed E-state index contributed by atoms with van der Waals surface area (Å²) in [6, 6.07) is -7.12. The second kappa shape index (κ2) is 18.8. The molecule has 1 aliphatic heterocycles. The van der Waals surface area contributed by atoms with Crippen molar-refractivity contribution in [3.05, 3.63) is 18.2 Å². The molecule has 0 bridgehead atoms. The molecule has 9 N–H and O–H groups in total. The van der Waals surface area contributed by atoms with Crippen molar-refractivity contribution in [3.63, 3.8) is 0 Å². The van der Waals surface area contributed by atoms with E-state index < -0.39 is 84.1 Å². The molecule has 2 rings (SSSR count). The molecule has 1 aliphatic rings. The quantitative estimate of drug-likeness (QED) is 0.0836. The van der Waals surface area contributed by atoms with Crippen LogP contribution in [0.15, 0.2) is 12.5 Å². The molecule has 18 heteroatoms. The number of carbonyl (C=O) groups excluding carboxylic acids is 5. The number of hydrogen-bond donors (Lipinski definition) is 8. The van der Waals surface area contributed by atoms with E-state index in [2.05, 4.69) is 31.2 Å². The third-order valence-electron chi connectivity index (χ3n) is 7.49. The summed E-state index contributed by atoms with van der Waals surface area (Å²) in [5.74, 6) is -5.76. The van der Waals surface area contributed by atoms with E-state index in [1.54, 1.807) is 13.8 Å². The topological polar surface area (TPSA) is 266 Å². The number of carboxylic acid groups (broad SMARTS) is 2. The van der Waals surface area contributed by atoms with Gasteiger partial charge in [0.15, 0.2) is 0 Å². The van der Waals surface area contributed by atoms with Gasteiger partial charge in [0.1, 0.15) is 30.2 Å². The number of rotatable bonds is 19. The molecule has 0 radical (unpaired) electrons. The number of likely N-dealkylation sites (tertiary alicyclic amines) is 1. The Labute approximate surface area is 276 Å². The van der Waals surface area contributed by atoms with Crippen molar-refractivity contribution in [2.24, 2.45) is 11.7 Å². The van der Waals surface area contributed by atoms with Crippen molar-refractivity contribution in [2.75, 3.05) is 18.6 Å². The molecule has 0 aromatic carbocycles. The first kappa shape index (κ1) is 39.0. The van der Waals surface area contributed by atoms with Crippen molar-refractivity contribution in [2.45, 2.75) is 95.5 Å². The third kappa shape index (κ3) is 12.5. The van der Waals surface area contributed by atoms with E-state index in [-0.39, 0.29) is 25.3 Å². The molecule has 6 atom stereocenters. The fourth-order valence-electron chi connectivity index (χ4n) is 5.00. The SMILES string of the molecule is CSCC[C@H](N)C(=O)N1CCC[C@H]1C(=O)N[C@@H](CC(=O)O)C(=O)N[C@@H](C)C(=O)N[C@@H](Cc1cnc[nH]1)C(=O)N[C@@H](CC(C)C)C(=O)O. The van der Waals surface area contributed by atoms with Crippen LogP contribution in [-0.4, -0.2) is 121 Å². The number of imidazole rings is 1. The Morgan fingerprint density at radius 1 is 1.00 bits per heavy atom.